The number of hydrogen-bond acceptors (Lipinski definition) is 1. The van der Waals surface area contributed by atoms with E-state index in [1.165, 1.54) is 122 Å². The summed E-state index contributed by atoms with van der Waals surface area (Å²) in [6, 6.07) is 93.8. The minimum Gasteiger partial charge on any atom is -0.310 e. The summed E-state index contributed by atoms with van der Waals surface area (Å²) in [6.07, 6.45) is 0. The number of benzene rings is 11. The first-order valence-electron chi connectivity index (χ1n) is 26.2. The van der Waals surface area contributed by atoms with Gasteiger partial charge in [-0.3, -0.25) is 0 Å². The molecule has 0 N–H and O–H groups in total. The van der Waals surface area contributed by atoms with Gasteiger partial charge in [0.05, 0.1) is 5.41 Å². The Labute approximate surface area is 434 Å². The second-order valence-corrected chi connectivity index (χ2v) is 22.0. The summed E-state index contributed by atoms with van der Waals surface area (Å²) in [5, 5.41) is 0. The van der Waals surface area contributed by atoms with Crippen molar-refractivity contribution in [3.05, 3.63) is 293 Å². The van der Waals surface area contributed by atoms with E-state index in [4.69, 9.17) is 0 Å². The van der Waals surface area contributed by atoms with Crippen LogP contribution in [0.25, 0.3) is 77.9 Å². The van der Waals surface area contributed by atoms with Gasteiger partial charge in [-0.2, -0.15) is 0 Å². The Morgan fingerprint density at radius 1 is 0.230 bits per heavy atom. The van der Waals surface area contributed by atoms with E-state index in [2.05, 4.69) is 281 Å². The molecular weight excluding hydrogens is 891 g/mol. The zero-order valence-electron chi connectivity index (χ0n) is 42.1. The van der Waals surface area contributed by atoms with E-state index < -0.39 is 0 Å². The van der Waals surface area contributed by atoms with E-state index in [1.807, 2.05) is 0 Å². The van der Waals surface area contributed by atoms with Gasteiger partial charge < -0.3 is 4.90 Å². The summed E-state index contributed by atoms with van der Waals surface area (Å²) >= 11 is 0. The second-order valence-electron chi connectivity index (χ2n) is 22.0. The molecule has 0 fully saturated rings. The summed E-state index contributed by atoms with van der Waals surface area (Å²) in [6.45, 7) is 9.62. The molecule has 0 amide bonds. The normalized spacial score (nSPS) is 14.8. The van der Waals surface area contributed by atoms with Gasteiger partial charge in [-0.1, -0.05) is 228 Å². The molecule has 350 valence electrons. The van der Waals surface area contributed by atoms with Gasteiger partial charge in [0.1, 0.15) is 0 Å². The molecule has 74 heavy (non-hydrogen) atoms. The molecule has 0 aliphatic heterocycles. The van der Waals surface area contributed by atoms with Gasteiger partial charge in [-0.25, -0.2) is 0 Å². The molecule has 0 saturated heterocycles. The van der Waals surface area contributed by atoms with Gasteiger partial charge in [0, 0.05) is 27.9 Å². The van der Waals surface area contributed by atoms with Crippen molar-refractivity contribution in [2.45, 2.75) is 43.9 Å². The zero-order chi connectivity index (χ0) is 49.5. The molecule has 4 aliphatic carbocycles. The van der Waals surface area contributed by atoms with E-state index in [1.54, 1.807) is 0 Å². The molecule has 1 nitrogen and oxygen atoms in total. The van der Waals surface area contributed by atoms with Crippen LogP contribution in [-0.4, -0.2) is 0 Å². The molecule has 1 heteroatoms. The lowest BCUT2D eigenvalue weighted by atomic mass is 9.70. The van der Waals surface area contributed by atoms with Crippen molar-refractivity contribution in [1.82, 2.24) is 0 Å². The van der Waals surface area contributed by atoms with Crippen LogP contribution in [0.2, 0.25) is 0 Å². The number of anilines is 3. The summed E-state index contributed by atoms with van der Waals surface area (Å²) in [5.41, 5.74) is 31.5. The highest BCUT2D eigenvalue weighted by atomic mass is 15.1. The van der Waals surface area contributed by atoms with Crippen molar-refractivity contribution < 1.29 is 0 Å². The number of nitrogens with zero attached hydrogens (tertiary/aromatic N) is 1. The average molecular weight is 944 g/mol. The Balaban J connectivity index is 0.919. The summed E-state index contributed by atoms with van der Waals surface area (Å²) in [4.78, 5) is 2.48. The standard InChI is InChI=1S/C73H53N/c1-71(2)61-27-15-11-23-55(61)58-38-36-53(45-68(58)71)74(52-34-31-48(32-35-52)46-19-7-5-8-20-46)54-42-50(47-21-9-6-10-22-47)41-51(43-54)49-33-37-60-67(44-49)72(3,4)65-39-40-66-70(69(60)65)59-26-14-18-30-64(59)73(66)62-28-16-12-24-56(62)57-25-13-17-29-63(57)73/h5-45H,1-4H3. The lowest BCUT2D eigenvalue weighted by Gasteiger charge is -2.31. The van der Waals surface area contributed by atoms with Crippen LogP contribution in [0.15, 0.2) is 249 Å². The minimum absolute atomic E-state index is 0.147. The second kappa shape index (κ2) is 15.6. The zero-order valence-corrected chi connectivity index (χ0v) is 42.1. The third-order valence-electron chi connectivity index (χ3n) is 17.5. The Morgan fingerprint density at radius 3 is 1.28 bits per heavy atom. The van der Waals surface area contributed by atoms with Crippen LogP contribution in [0.3, 0.4) is 0 Å². The maximum atomic E-state index is 2.51. The first-order valence-corrected chi connectivity index (χ1v) is 26.2. The quantitative estimate of drug-likeness (QED) is 0.161. The Kier molecular flexibility index (Phi) is 9.04. The number of rotatable bonds is 6. The highest BCUT2D eigenvalue weighted by Crippen LogP contribution is 2.66. The van der Waals surface area contributed by atoms with Gasteiger partial charge in [0.15, 0.2) is 0 Å². The van der Waals surface area contributed by atoms with Gasteiger partial charge in [-0.15, -0.1) is 0 Å². The van der Waals surface area contributed by atoms with Crippen molar-refractivity contribution in [1.29, 1.82) is 0 Å². The molecule has 0 saturated carbocycles. The van der Waals surface area contributed by atoms with Crippen LogP contribution in [-0.2, 0) is 16.2 Å². The van der Waals surface area contributed by atoms with Crippen LogP contribution in [0.4, 0.5) is 17.1 Å². The van der Waals surface area contributed by atoms with E-state index in [-0.39, 0.29) is 16.2 Å². The first-order chi connectivity index (χ1) is 36.2. The molecule has 11 aromatic rings. The maximum absolute atomic E-state index is 2.51. The van der Waals surface area contributed by atoms with Crippen molar-refractivity contribution in [3.63, 3.8) is 0 Å². The third kappa shape index (κ3) is 5.87. The Bertz CT molecular complexity index is 4070. The van der Waals surface area contributed by atoms with Crippen LogP contribution < -0.4 is 4.90 Å². The fourth-order valence-corrected chi connectivity index (χ4v) is 14.0. The molecule has 15 rings (SSSR count). The Hall–Kier alpha value is -8.78. The number of hydrogen-bond donors (Lipinski definition) is 0. The van der Waals surface area contributed by atoms with Crippen molar-refractivity contribution in [3.8, 4) is 77.9 Å². The van der Waals surface area contributed by atoms with E-state index in [0.29, 0.717) is 0 Å². The molecule has 0 bridgehead atoms. The molecule has 0 atom stereocenters. The van der Waals surface area contributed by atoms with Gasteiger partial charge in [0.25, 0.3) is 0 Å². The van der Waals surface area contributed by atoms with Crippen LogP contribution >= 0.6 is 0 Å². The maximum Gasteiger partial charge on any atom is 0.0725 e. The monoisotopic (exact) mass is 943 g/mol. The molecule has 0 radical (unpaired) electrons. The molecule has 11 aromatic carbocycles. The van der Waals surface area contributed by atoms with Crippen molar-refractivity contribution >= 4 is 17.1 Å². The Morgan fingerprint density at radius 2 is 0.635 bits per heavy atom. The molecule has 0 heterocycles. The average Bonchev–Trinajstić information content (AvgIpc) is 4.11. The van der Waals surface area contributed by atoms with Gasteiger partial charge >= 0.3 is 0 Å². The molecular formula is C73H53N. The highest BCUT2D eigenvalue weighted by Gasteiger charge is 2.53. The van der Waals surface area contributed by atoms with Gasteiger partial charge in [0.2, 0.25) is 0 Å². The molecule has 4 aliphatic rings. The molecule has 1 spiro atoms. The fraction of sp³-hybridized carbons (Fsp3) is 0.0959. The lowest BCUT2D eigenvalue weighted by molar-refractivity contribution is 0.660. The van der Waals surface area contributed by atoms with E-state index >= 15 is 0 Å². The largest absolute Gasteiger partial charge is 0.310 e. The van der Waals surface area contributed by atoms with Gasteiger partial charge in [-0.05, 0) is 171 Å². The smallest absolute Gasteiger partial charge is 0.0725 e. The highest BCUT2D eigenvalue weighted by molar-refractivity contribution is 6.03. The van der Waals surface area contributed by atoms with Crippen molar-refractivity contribution in [2.24, 2.45) is 0 Å². The van der Waals surface area contributed by atoms with E-state index in [0.717, 1.165) is 17.1 Å². The van der Waals surface area contributed by atoms with Crippen LogP contribution in [0.1, 0.15) is 72.2 Å². The van der Waals surface area contributed by atoms with Crippen LogP contribution in [0.5, 0.6) is 0 Å². The molecule has 0 aromatic heterocycles. The van der Waals surface area contributed by atoms with Crippen LogP contribution in [0, 0.1) is 0 Å². The summed E-state index contributed by atoms with van der Waals surface area (Å²) < 4.78 is 0. The lowest BCUT2D eigenvalue weighted by Crippen LogP contribution is -2.26. The first kappa shape index (κ1) is 42.9. The topological polar surface area (TPSA) is 3.24 Å². The summed E-state index contributed by atoms with van der Waals surface area (Å²) in [7, 11) is 0. The fourth-order valence-electron chi connectivity index (χ4n) is 14.0. The summed E-state index contributed by atoms with van der Waals surface area (Å²) in [5.74, 6) is 0. The number of fused-ring (bicyclic) bond motifs is 17. The van der Waals surface area contributed by atoms with E-state index in [9.17, 15) is 0 Å². The molecule has 0 unspecified atom stereocenters. The third-order valence-corrected chi connectivity index (χ3v) is 17.5. The SMILES string of the molecule is CC1(C)c2ccccc2-c2ccc(N(c3ccc(-c4ccccc4)cc3)c3cc(-c4ccccc4)cc(-c4ccc5c(c4)C(C)(C)c4ccc6c(c4-5)-c4ccccc4C64c5ccccc5-c5ccccc54)c3)cc21. The van der Waals surface area contributed by atoms with Crippen molar-refractivity contribution in [2.75, 3.05) is 4.90 Å². The minimum atomic E-state index is -0.387. The predicted molar refractivity (Wildman–Crippen MR) is 309 cm³/mol. The predicted octanol–water partition coefficient (Wildman–Crippen LogP) is 19.1.